The highest BCUT2D eigenvalue weighted by atomic mass is 16.7. The highest BCUT2D eigenvalue weighted by molar-refractivity contribution is 5.65. The summed E-state index contributed by atoms with van der Waals surface area (Å²) < 4.78 is 9.72. The van der Waals surface area contributed by atoms with E-state index < -0.39 is 0 Å². The molecular formula is C8H17NO4. The highest BCUT2D eigenvalue weighted by Crippen LogP contribution is 1.91. The number of ether oxygens (including phenoxy) is 2. The second kappa shape index (κ2) is 7.97. The monoisotopic (exact) mass is 191 g/mol. The van der Waals surface area contributed by atoms with Gasteiger partial charge in [-0.05, 0) is 0 Å². The molecule has 0 spiro atoms. The van der Waals surface area contributed by atoms with Gasteiger partial charge >= 0.3 is 5.97 Å². The normalized spacial score (nSPS) is 10.5. The average molecular weight is 191 g/mol. The summed E-state index contributed by atoms with van der Waals surface area (Å²) in [5.41, 5.74) is 0. The van der Waals surface area contributed by atoms with Crippen LogP contribution in [-0.2, 0) is 19.1 Å². The van der Waals surface area contributed by atoms with Crippen LogP contribution in [0.25, 0.3) is 0 Å². The highest BCUT2D eigenvalue weighted by Gasteiger charge is 2.07. The number of rotatable bonds is 7. The van der Waals surface area contributed by atoms with Crippen LogP contribution in [0.15, 0.2) is 0 Å². The summed E-state index contributed by atoms with van der Waals surface area (Å²) in [6, 6.07) is 0. The second-order valence-corrected chi connectivity index (χ2v) is 2.50. The predicted octanol–water partition coefficient (Wildman–Crippen LogP) is 0.0593. The van der Waals surface area contributed by atoms with Gasteiger partial charge < -0.3 is 14.3 Å². The first-order valence-electron chi connectivity index (χ1n) is 4.12. The van der Waals surface area contributed by atoms with Gasteiger partial charge in [-0.2, -0.15) is 0 Å². The molecule has 0 aliphatic carbocycles. The summed E-state index contributed by atoms with van der Waals surface area (Å²) in [7, 11) is 3.20. The van der Waals surface area contributed by atoms with Gasteiger partial charge in [0.15, 0.2) is 0 Å². The van der Waals surface area contributed by atoms with Crippen LogP contribution < -0.4 is 0 Å². The summed E-state index contributed by atoms with van der Waals surface area (Å²) in [5, 5.41) is 1.52. The van der Waals surface area contributed by atoms with Crippen LogP contribution in [0.5, 0.6) is 0 Å². The van der Waals surface area contributed by atoms with E-state index in [2.05, 4.69) is 0 Å². The van der Waals surface area contributed by atoms with Crippen molar-refractivity contribution in [1.82, 2.24) is 5.06 Å². The predicted molar refractivity (Wildman–Crippen MR) is 47.1 cm³/mol. The number of hydrogen-bond acceptors (Lipinski definition) is 5. The minimum atomic E-state index is -0.327. The molecule has 0 amide bonds. The van der Waals surface area contributed by atoms with Crippen LogP contribution in [0, 0.1) is 0 Å². The molecule has 0 aromatic heterocycles. The summed E-state index contributed by atoms with van der Waals surface area (Å²) in [6.07, 6.45) is 0. The molecule has 0 aliphatic rings. The Bertz CT molecular complexity index is 132. The van der Waals surface area contributed by atoms with E-state index in [0.29, 0.717) is 26.3 Å². The van der Waals surface area contributed by atoms with Crippen LogP contribution in [-0.4, -0.2) is 51.6 Å². The maximum atomic E-state index is 10.6. The zero-order valence-corrected chi connectivity index (χ0v) is 8.41. The molecule has 78 valence electrons. The van der Waals surface area contributed by atoms with Crippen molar-refractivity contribution in [2.75, 3.05) is 40.5 Å². The summed E-state index contributed by atoms with van der Waals surface area (Å²) in [5.74, 6) is -0.327. The third-order valence-electron chi connectivity index (χ3n) is 1.35. The molecule has 0 heterocycles. The fourth-order valence-electron chi connectivity index (χ4n) is 0.771. The first-order valence-corrected chi connectivity index (χ1v) is 4.12. The molecule has 0 aromatic rings. The van der Waals surface area contributed by atoms with Crippen molar-refractivity contribution in [3.63, 3.8) is 0 Å². The Labute approximate surface area is 78.5 Å². The summed E-state index contributed by atoms with van der Waals surface area (Å²) >= 11 is 0. The molecule has 0 aromatic carbocycles. The Morgan fingerprint density at radius 1 is 1.15 bits per heavy atom. The third kappa shape index (κ3) is 7.70. The van der Waals surface area contributed by atoms with E-state index in [1.807, 2.05) is 0 Å². The van der Waals surface area contributed by atoms with E-state index in [4.69, 9.17) is 14.3 Å². The van der Waals surface area contributed by atoms with Crippen molar-refractivity contribution in [1.29, 1.82) is 0 Å². The van der Waals surface area contributed by atoms with Gasteiger partial charge in [-0.1, -0.05) is 0 Å². The Balaban J connectivity index is 3.66. The number of carbonyl (C=O) groups is 1. The third-order valence-corrected chi connectivity index (χ3v) is 1.35. The van der Waals surface area contributed by atoms with E-state index in [0.717, 1.165) is 0 Å². The van der Waals surface area contributed by atoms with Gasteiger partial charge in [0, 0.05) is 21.1 Å². The lowest BCUT2D eigenvalue weighted by atomic mass is 10.6. The topological polar surface area (TPSA) is 48.0 Å². The minimum Gasteiger partial charge on any atom is -0.383 e. The molecule has 0 bridgehead atoms. The van der Waals surface area contributed by atoms with E-state index >= 15 is 0 Å². The lowest BCUT2D eigenvalue weighted by Crippen LogP contribution is -2.32. The molecule has 0 saturated carbocycles. The van der Waals surface area contributed by atoms with Gasteiger partial charge in [0.25, 0.3) is 0 Å². The Kier molecular flexibility index (Phi) is 7.57. The van der Waals surface area contributed by atoms with E-state index in [1.165, 1.54) is 12.0 Å². The minimum absolute atomic E-state index is 0.327. The summed E-state index contributed by atoms with van der Waals surface area (Å²) in [6.45, 7) is 3.53. The van der Waals surface area contributed by atoms with Crippen molar-refractivity contribution < 1.29 is 19.1 Å². The molecule has 0 unspecified atom stereocenters. The first-order chi connectivity index (χ1) is 6.20. The zero-order valence-electron chi connectivity index (χ0n) is 8.41. The summed E-state index contributed by atoms with van der Waals surface area (Å²) in [4.78, 5) is 15.5. The number of hydroxylamine groups is 2. The number of hydrogen-bond donors (Lipinski definition) is 0. The fraction of sp³-hybridized carbons (Fsp3) is 0.875. The van der Waals surface area contributed by atoms with Gasteiger partial charge in [0.1, 0.15) is 0 Å². The first kappa shape index (κ1) is 12.3. The van der Waals surface area contributed by atoms with E-state index in [1.54, 1.807) is 14.2 Å². The molecule has 0 rings (SSSR count). The SMILES string of the molecule is COCCN(CCOC)OC(C)=O. The molecule has 5 nitrogen and oxygen atoms in total. The van der Waals surface area contributed by atoms with Gasteiger partial charge in [0.05, 0.1) is 26.3 Å². The molecular weight excluding hydrogens is 174 g/mol. The standard InChI is InChI=1S/C8H17NO4/c1-8(10)13-9(4-6-11-2)5-7-12-3/h4-7H2,1-3H3. The van der Waals surface area contributed by atoms with Gasteiger partial charge in [0.2, 0.25) is 0 Å². The van der Waals surface area contributed by atoms with Crippen LogP contribution >= 0.6 is 0 Å². The molecule has 0 N–H and O–H groups in total. The molecule has 0 aliphatic heterocycles. The zero-order chi connectivity index (χ0) is 10.1. The molecule has 0 fully saturated rings. The Hall–Kier alpha value is -0.650. The molecule has 13 heavy (non-hydrogen) atoms. The van der Waals surface area contributed by atoms with E-state index in [-0.39, 0.29) is 5.97 Å². The average Bonchev–Trinajstić information content (AvgIpc) is 2.09. The molecule has 5 heteroatoms. The Morgan fingerprint density at radius 3 is 1.92 bits per heavy atom. The molecule has 0 radical (unpaired) electrons. The van der Waals surface area contributed by atoms with Gasteiger partial charge in [-0.3, -0.25) is 4.79 Å². The molecule has 0 atom stereocenters. The van der Waals surface area contributed by atoms with Crippen LogP contribution in [0.2, 0.25) is 0 Å². The largest absolute Gasteiger partial charge is 0.383 e. The number of methoxy groups -OCH3 is 2. The van der Waals surface area contributed by atoms with Crippen molar-refractivity contribution in [3.05, 3.63) is 0 Å². The van der Waals surface area contributed by atoms with Crippen molar-refractivity contribution >= 4 is 5.97 Å². The van der Waals surface area contributed by atoms with Crippen molar-refractivity contribution in [2.45, 2.75) is 6.92 Å². The van der Waals surface area contributed by atoms with Gasteiger partial charge in [-0.25, -0.2) is 0 Å². The number of nitrogens with zero attached hydrogens (tertiary/aromatic N) is 1. The van der Waals surface area contributed by atoms with E-state index in [9.17, 15) is 4.79 Å². The maximum absolute atomic E-state index is 10.6. The lowest BCUT2D eigenvalue weighted by Gasteiger charge is -2.19. The lowest BCUT2D eigenvalue weighted by molar-refractivity contribution is -0.192. The second-order valence-electron chi connectivity index (χ2n) is 2.50. The van der Waals surface area contributed by atoms with Crippen LogP contribution in [0.1, 0.15) is 6.92 Å². The van der Waals surface area contributed by atoms with Crippen LogP contribution in [0.3, 0.4) is 0 Å². The van der Waals surface area contributed by atoms with Gasteiger partial charge in [-0.15, -0.1) is 5.06 Å². The maximum Gasteiger partial charge on any atom is 0.322 e. The smallest absolute Gasteiger partial charge is 0.322 e. The number of carbonyl (C=O) groups excluding carboxylic acids is 1. The molecule has 0 saturated heterocycles. The fourth-order valence-corrected chi connectivity index (χ4v) is 0.771. The van der Waals surface area contributed by atoms with Crippen molar-refractivity contribution in [2.24, 2.45) is 0 Å². The quantitative estimate of drug-likeness (QED) is 0.532. The Morgan fingerprint density at radius 2 is 1.62 bits per heavy atom. The van der Waals surface area contributed by atoms with Crippen molar-refractivity contribution in [3.8, 4) is 0 Å². The van der Waals surface area contributed by atoms with Crippen LogP contribution in [0.4, 0.5) is 0 Å².